The predicted molar refractivity (Wildman–Crippen MR) is 73.9 cm³/mol. The first-order valence-electron chi connectivity index (χ1n) is 5.56. The van der Waals surface area contributed by atoms with Crippen LogP contribution in [0.25, 0.3) is 0 Å². The Morgan fingerprint density at radius 1 is 1.44 bits per heavy atom. The van der Waals surface area contributed by atoms with Crippen LogP contribution in [0.15, 0.2) is 30.5 Å². The third-order valence-electron chi connectivity index (χ3n) is 2.41. The van der Waals surface area contributed by atoms with Gasteiger partial charge in [0.2, 0.25) is 5.91 Å². The summed E-state index contributed by atoms with van der Waals surface area (Å²) in [6.07, 6.45) is 2.10. The number of carbonyl (C=O) groups is 1. The summed E-state index contributed by atoms with van der Waals surface area (Å²) in [6.45, 7) is 2.47. The van der Waals surface area contributed by atoms with Gasteiger partial charge >= 0.3 is 0 Å². The lowest BCUT2D eigenvalue weighted by Gasteiger charge is -2.04. The van der Waals surface area contributed by atoms with Crippen LogP contribution in [-0.2, 0) is 17.8 Å². The number of aryl methyl sites for hydroxylation is 1. The van der Waals surface area contributed by atoms with Crippen LogP contribution in [0.4, 0.5) is 0 Å². The Hall–Kier alpha value is -1.39. The number of thiazole rings is 1. The van der Waals surface area contributed by atoms with Gasteiger partial charge in [0.05, 0.1) is 13.0 Å². The molecule has 0 aliphatic heterocycles. The molecule has 1 heterocycles. The molecule has 94 valence electrons. The SMILES string of the molecule is Cc1cnc(CNC(=O)Cc2ccccc2Cl)s1. The van der Waals surface area contributed by atoms with Gasteiger partial charge in [0.25, 0.3) is 0 Å². The molecule has 0 unspecified atom stereocenters. The van der Waals surface area contributed by atoms with E-state index < -0.39 is 0 Å². The van der Waals surface area contributed by atoms with Gasteiger partial charge < -0.3 is 5.32 Å². The molecule has 1 aromatic heterocycles. The Morgan fingerprint density at radius 2 is 2.22 bits per heavy atom. The molecule has 0 aliphatic carbocycles. The van der Waals surface area contributed by atoms with Gasteiger partial charge in [-0.1, -0.05) is 29.8 Å². The second-order valence-electron chi connectivity index (χ2n) is 3.91. The van der Waals surface area contributed by atoms with E-state index in [2.05, 4.69) is 10.3 Å². The number of amides is 1. The summed E-state index contributed by atoms with van der Waals surface area (Å²) in [5.74, 6) is -0.0454. The zero-order valence-electron chi connectivity index (χ0n) is 9.94. The smallest absolute Gasteiger partial charge is 0.224 e. The Labute approximate surface area is 115 Å². The van der Waals surface area contributed by atoms with Crippen LogP contribution in [0.5, 0.6) is 0 Å². The van der Waals surface area contributed by atoms with Crippen LogP contribution in [0, 0.1) is 6.92 Å². The first-order valence-corrected chi connectivity index (χ1v) is 6.76. The maximum absolute atomic E-state index is 11.8. The van der Waals surface area contributed by atoms with Crippen molar-refractivity contribution < 1.29 is 4.79 Å². The Balaban J connectivity index is 1.88. The molecule has 1 amide bonds. The fourth-order valence-corrected chi connectivity index (χ4v) is 2.46. The predicted octanol–water partition coefficient (Wildman–Crippen LogP) is 2.96. The van der Waals surface area contributed by atoms with Gasteiger partial charge in [-0.2, -0.15) is 0 Å². The number of hydrogen-bond donors (Lipinski definition) is 1. The third kappa shape index (κ3) is 3.55. The topological polar surface area (TPSA) is 42.0 Å². The number of nitrogens with one attached hydrogen (secondary N) is 1. The fraction of sp³-hybridized carbons (Fsp3) is 0.231. The molecule has 0 fully saturated rings. The third-order valence-corrected chi connectivity index (χ3v) is 3.70. The van der Waals surface area contributed by atoms with E-state index in [1.54, 1.807) is 23.6 Å². The first kappa shape index (κ1) is 13.1. The maximum atomic E-state index is 11.8. The number of carbonyl (C=O) groups excluding carboxylic acids is 1. The normalized spacial score (nSPS) is 10.3. The quantitative estimate of drug-likeness (QED) is 0.935. The molecule has 1 N–H and O–H groups in total. The zero-order valence-corrected chi connectivity index (χ0v) is 11.5. The van der Waals surface area contributed by atoms with Gasteiger partial charge in [0, 0.05) is 16.1 Å². The van der Waals surface area contributed by atoms with E-state index in [0.717, 1.165) is 15.4 Å². The average molecular weight is 281 g/mol. The highest BCUT2D eigenvalue weighted by Crippen LogP contribution is 2.15. The molecule has 2 rings (SSSR count). The molecule has 2 aromatic rings. The van der Waals surface area contributed by atoms with Gasteiger partial charge in [-0.25, -0.2) is 4.98 Å². The molecule has 0 saturated heterocycles. The first-order chi connectivity index (χ1) is 8.65. The van der Waals surface area contributed by atoms with Crippen LogP contribution >= 0.6 is 22.9 Å². The number of benzene rings is 1. The Bertz CT molecular complexity index is 553. The maximum Gasteiger partial charge on any atom is 0.224 e. The van der Waals surface area contributed by atoms with Crippen molar-refractivity contribution in [3.05, 3.63) is 50.9 Å². The second kappa shape index (κ2) is 5.98. The zero-order chi connectivity index (χ0) is 13.0. The van der Waals surface area contributed by atoms with Gasteiger partial charge in [-0.15, -0.1) is 11.3 Å². The molecule has 0 radical (unpaired) electrons. The van der Waals surface area contributed by atoms with Crippen molar-refractivity contribution in [3.8, 4) is 0 Å². The van der Waals surface area contributed by atoms with Crippen LogP contribution in [0.3, 0.4) is 0 Å². The summed E-state index contributed by atoms with van der Waals surface area (Å²) in [6, 6.07) is 7.37. The summed E-state index contributed by atoms with van der Waals surface area (Å²) in [5, 5.41) is 4.38. The van der Waals surface area contributed by atoms with Crippen molar-refractivity contribution in [2.24, 2.45) is 0 Å². The summed E-state index contributed by atoms with van der Waals surface area (Å²) in [4.78, 5) is 17.1. The molecule has 1 aromatic carbocycles. The monoisotopic (exact) mass is 280 g/mol. The largest absolute Gasteiger partial charge is 0.349 e. The Kier molecular flexibility index (Phi) is 4.33. The van der Waals surface area contributed by atoms with Crippen molar-refractivity contribution in [2.45, 2.75) is 19.9 Å². The van der Waals surface area contributed by atoms with E-state index in [4.69, 9.17) is 11.6 Å². The number of nitrogens with zero attached hydrogens (tertiary/aromatic N) is 1. The number of hydrogen-bond acceptors (Lipinski definition) is 3. The highest BCUT2D eigenvalue weighted by molar-refractivity contribution is 7.11. The van der Waals surface area contributed by atoms with E-state index in [0.29, 0.717) is 18.0 Å². The molecule has 3 nitrogen and oxygen atoms in total. The van der Waals surface area contributed by atoms with E-state index in [1.807, 2.05) is 25.1 Å². The molecular weight excluding hydrogens is 268 g/mol. The van der Waals surface area contributed by atoms with Crippen molar-refractivity contribution >= 4 is 28.8 Å². The molecule has 0 aliphatic rings. The second-order valence-corrected chi connectivity index (χ2v) is 5.64. The lowest BCUT2D eigenvalue weighted by atomic mass is 10.1. The van der Waals surface area contributed by atoms with Crippen LogP contribution in [0.1, 0.15) is 15.4 Å². The highest BCUT2D eigenvalue weighted by atomic mass is 35.5. The van der Waals surface area contributed by atoms with Crippen LogP contribution < -0.4 is 5.32 Å². The van der Waals surface area contributed by atoms with Crippen LogP contribution in [-0.4, -0.2) is 10.9 Å². The lowest BCUT2D eigenvalue weighted by Crippen LogP contribution is -2.24. The van der Waals surface area contributed by atoms with E-state index in [-0.39, 0.29) is 5.91 Å². The minimum Gasteiger partial charge on any atom is -0.349 e. The fourth-order valence-electron chi connectivity index (χ4n) is 1.53. The van der Waals surface area contributed by atoms with E-state index in [9.17, 15) is 4.79 Å². The molecular formula is C13H13ClN2OS. The minimum absolute atomic E-state index is 0.0454. The molecule has 0 atom stereocenters. The van der Waals surface area contributed by atoms with Crippen molar-refractivity contribution in [2.75, 3.05) is 0 Å². The molecule has 0 saturated carbocycles. The molecule has 18 heavy (non-hydrogen) atoms. The van der Waals surface area contributed by atoms with Gasteiger partial charge in [-0.3, -0.25) is 4.79 Å². The highest BCUT2D eigenvalue weighted by Gasteiger charge is 2.07. The van der Waals surface area contributed by atoms with E-state index >= 15 is 0 Å². The van der Waals surface area contributed by atoms with Gasteiger partial charge in [-0.05, 0) is 18.6 Å². The molecule has 0 bridgehead atoms. The number of halogens is 1. The van der Waals surface area contributed by atoms with Crippen molar-refractivity contribution in [1.29, 1.82) is 0 Å². The van der Waals surface area contributed by atoms with Crippen molar-refractivity contribution in [3.63, 3.8) is 0 Å². The van der Waals surface area contributed by atoms with Crippen LogP contribution in [0.2, 0.25) is 5.02 Å². The minimum atomic E-state index is -0.0454. The van der Waals surface area contributed by atoms with Gasteiger partial charge in [0.15, 0.2) is 0 Å². The summed E-state index contributed by atoms with van der Waals surface area (Å²) in [5.41, 5.74) is 0.840. The summed E-state index contributed by atoms with van der Waals surface area (Å²) < 4.78 is 0. The number of rotatable bonds is 4. The summed E-state index contributed by atoms with van der Waals surface area (Å²) >= 11 is 7.59. The Morgan fingerprint density at radius 3 is 2.89 bits per heavy atom. The molecule has 5 heteroatoms. The standard InChI is InChI=1S/C13H13ClN2OS/c1-9-7-16-13(18-9)8-15-12(17)6-10-4-2-3-5-11(10)14/h2-5,7H,6,8H2,1H3,(H,15,17). The molecule has 0 spiro atoms. The lowest BCUT2D eigenvalue weighted by molar-refractivity contribution is -0.120. The van der Waals surface area contributed by atoms with Gasteiger partial charge in [0.1, 0.15) is 5.01 Å². The average Bonchev–Trinajstić information content (AvgIpc) is 2.76. The van der Waals surface area contributed by atoms with Crippen molar-refractivity contribution in [1.82, 2.24) is 10.3 Å². The summed E-state index contributed by atoms with van der Waals surface area (Å²) in [7, 11) is 0. The van der Waals surface area contributed by atoms with E-state index in [1.165, 1.54) is 0 Å². The number of aromatic nitrogens is 1.